The van der Waals surface area contributed by atoms with Crippen molar-refractivity contribution in [1.82, 2.24) is 10.7 Å². The molecule has 0 aliphatic heterocycles. The van der Waals surface area contributed by atoms with Gasteiger partial charge < -0.3 is 5.32 Å². The molecule has 4 nitrogen and oxygen atoms in total. The van der Waals surface area contributed by atoms with Gasteiger partial charge in [0.2, 0.25) is 0 Å². The first-order valence-corrected chi connectivity index (χ1v) is 8.27. The van der Waals surface area contributed by atoms with Crippen LogP contribution in [0.5, 0.6) is 0 Å². The zero-order valence-corrected chi connectivity index (χ0v) is 15.0. The first kappa shape index (κ1) is 23.1. The Morgan fingerprint density at radius 3 is 1.88 bits per heavy atom. The van der Waals surface area contributed by atoms with Gasteiger partial charge in [-0.3, -0.25) is 16.1 Å². The fraction of sp³-hybridized carbons (Fsp3) is 0.632. The van der Waals surface area contributed by atoms with Crippen LogP contribution in [0.15, 0.2) is 30.3 Å². The van der Waals surface area contributed by atoms with Gasteiger partial charge in [-0.2, -0.15) is 0 Å². The van der Waals surface area contributed by atoms with E-state index in [1.54, 1.807) is 0 Å². The number of rotatable bonds is 5. The molecule has 0 radical (unpaired) electrons. The second kappa shape index (κ2) is 10.1. The van der Waals surface area contributed by atoms with Crippen LogP contribution in [0.25, 0.3) is 0 Å². The largest absolute Gasteiger partial charge is 0.304 e. The molecule has 0 aromatic heterocycles. The molecule has 2 saturated carbocycles. The summed E-state index contributed by atoms with van der Waals surface area (Å²) in [6.45, 7) is 4.80. The molecule has 0 bridgehead atoms. The van der Waals surface area contributed by atoms with Gasteiger partial charge in [-0.25, -0.2) is 0 Å². The van der Waals surface area contributed by atoms with E-state index in [1.807, 2.05) is 30.3 Å². The van der Waals surface area contributed by atoms with Crippen LogP contribution in [-0.4, -0.2) is 23.4 Å². The molecule has 0 heterocycles. The Kier molecular flexibility index (Phi) is 9.74. The number of carbonyl (C=O) groups is 1. The zero-order chi connectivity index (χ0) is 16.1. The van der Waals surface area contributed by atoms with Crippen LogP contribution >= 0.6 is 12.4 Å². The van der Waals surface area contributed by atoms with Gasteiger partial charge in [0.15, 0.2) is 5.78 Å². The maximum absolute atomic E-state index is 11.8. The van der Waals surface area contributed by atoms with Crippen molar-refractivity contribution in [2.45, 2.75) is 70.9 Å². The molecule has 1 aromatic rings. The molecular formula is C19H34ClN3O. The quantitative estimate of drug-likeness (QED) is 0.426. The highest BCUT2D eigenvalue weighted by atomic mass is 35.5. The van der Waals surface area contributed by atoms with Gasteiger partial charge in [0.25, 0.3) is 0 Å². The molecule has 138 valence electrons. The standard InChI is InChI=1S/C13H17NO.C5H12N2.CH4.ClH/c1-13(8-5-9-13)14-10-12(15)11-6-3-2-4-7-11;1-5(7-6)3-2-4-5;;/h2-4,6-7,14H,5,8-10H2,1H3;7H,2-4,6H2,1H3;1H4;1H. The summed E-state index contributed by atoms with van der Waals surface area (Å²) in [5.74, 6) is 5.40. The second-order valence-corrected chi connectivity index (χ2v) is 7.12. The van der Waals surface area contributed by atoms with Gasteiger partial charge in [-0.05, 0) is 52.4 Å². The van der Waals surface area contributed by atoms with Gasteiger partial charge >= 0.3 is 0 Å². The third-order valence-corrected chi connectivity index (χ3v) is 5.03. The average molecular weight is 356 g/mol. The highest BCUT2D eigenvalue weighted by molar-refractivity contribution is 5.97. The first-order chi connectivity index (χ1) is 10.5. The van der Waals surface area contributed by atoms with E-state index in [2.05, 4.69) is 24.6 Å². The Bertz CT molecular complexity index is 479. The molecule has 4 N–H and O–H groups in total. The summed E-state index contributed by atoms with van der Waals surface area (Å²) >= 11 is 0. The summed E-state index contributed by atoms with van der Waals surface area (Å²) in [7, 11) is 0. The van der Waals surface area contributed by atoms with E-state index in [0.29, 0.717) is 12.1 Å². The molecule has 1 aromatic carbocycles. The van der Waals surface area contributed by atoms with Crippen molar-refractivity contribution >= 4 is 18.2 Å². The van der Waals surface area contributed by atoms with Crippen LogP contribution in [0.2, 0.25) is 0 Å². The van der Waals surface area contributed by atoms with E-state index in [0.717, 1.165) is 5.56 Å². The predicted molar refractivity (Wildman–Crippen MR) is 105 cm³/mol. The maximum Gasteiger partial charge on any atom is 0.176 e. The minimum atomic E-state index is 0. The number of hydrogen-bond acceptors (Lipinski definition) is 4. The summed E-state index contributed by atoms with van der Waals surface area (Å²) < 4.78 is 0. The minimum absolute atomic E-state index is 0. The molecule has 2 fully saturated rings. The number of hydrogen-bond donors (Lipinski definition) is 3. The lowest BCUT2D eigenvalue weighted by Crippen LogP contribution is -2.51. The lowest BCUT2D eigenvalue weighted by Gasteiger charge is -2.39. The van der Waals surface area contributed by atoms with Crippen LogP contribution < -0.4 is 16.6 Å². The highest BCUT2D eigenvalue weighted by Gasteiger charge is 2.31. The van der Waals surface area contributed by atoms with Crippen molar-refractivity contribution in [2.75, 3.05) is 6.54 Å². The first-order valence-electron chi connectivity index (χ1n) is 8.27. The molecular weight excluding hydrogens is 322 g/mol. The van der Waals surface area contributed by atoms with Crippen LogP contribution in [0.4, 0.5) is 0 Å². The number of carbonyl (C=O) groups excluding carboxylic acids is 1. The molecule has 0 unspecified atom stereocenters. The van der Waals surface area contributed by atoms with Crippen molar-refractivity contribution < 1.29 is 4.79 Å². The van der Waals surface area contributed by atoms with Crippen molar-refractivity contribution in [3.63, 3.8) is 0 Å². The lowest BCUT2D eigenvalue weighted by molar-refractivity contribution is 0.0960. The molecule has 3 rings (SSSR count). The summed E-state index contributed by atoms with van der Waals surface area (Å²) in [5, 5.41) is 3.34. The minimum Gasteiger partial charge on any atom is -0.304 e. The molecule has 0 atom stereocenters. The normalized spacial score (nSPS) is 19.1. The molecule has 5 heteroatoms. The predicted octanol–water partition coefficient (Wildman–Crippen LogP) is 3.85. The summed E-state index contributed by atoms with van der Waals surface area (Å²) in [5.41, 5.74) is 4.08. The number of Topliss-reactive ketones (excluding diaryl/α,β-unsaturated/α-hetero) is 1. The van der Waals surface area contributed by atoms with Gasteiger partial charge in [-0.1, -0.05) is 37.8 Å². The highest BCUT2D eigenvalue weighted by Crippen LogP contribution is 2.30. The second-order valence-electron chi connectivity index (χ2n) is 7.12. The topological polar surface area (TPSA) is 67.2 Å². The Morgan fingerprint density at radius 1 is 1.04 bits per heavy atom. The molecule has 0 spiro atoms. The molecule has 2 aliphatic rings. The van der Waals surface area contributed by atoms with E-state index in [-0.39, 0.29) is 31.2 Å². The summed E-state index contributed by atoms with van der Waals surface area (Å²) in [6.07, 6.45) is 7.47. The monoisotopic (exact) mass is 355 g/mol. The summed E-state index contributed by atoms with van der Waals surface area (Å²) in [4.78, 5) is 11.8. The molecule has 0 saturated heterocycles. The third kappa shape index (κ3) is 6.52. The van der Waals surface area contributed by atoms with Crippen molar-refractivity contribution in [1.29, 1.82) is 0 Å². The third-order valence-electron chi connectivity index (χ3n) is 5.03. The Balaban J connectivity index is 0.000000504. The molecule has 2 aliphatic carbocycles. The van der Waals surface area contributed by atoms with Gasteiger partial charge in [-0.15, -0.1) is 12.4 Å². The van der Waals surface area contributed by atoms with E-state index < -0.39 is 0 Å². The average Bonchev–Trinajstić information content (AvgIpc) is 2.50. The number of halogens is 1. The van der Waals surface area contributed by atoms with Gasteiger partial charge in [0, 0.05) is 16.6 Å². The van der Waals surface area contributed by atoms with Crippen LogP contribution in [-0.2, 0) is 0 Å². The van der Waals surface area contributed by atoms with E-state index in [1.165, 1.54) is 38.5 Å². The lowest BCUT2D eigenvalue weighted by atomic mass is 9.78. The summed E-state index contributed by atoms with van der Waals surface area (Å²) in [6, 6.07) is 9.47. The van der Waals surface area contributed by atoms with Gasteiger partial charge in [0.05, 0.1) is 6.54 Å². The van der Waals surface area contributed by atoms with Crippen molar-refractivity contribution in [3.8, 4) is 0 Å². The van der Waals surface area contributed by atoms with Crippen LogP contribution in [0.1, 0.15) is 70.2 Å². The fourth-order valence-corrected chi connectivity index (χ4v) is 2.76. The van der Waals surface area contributed by atoms with E-state index in [4.69, 9.17) is 5.84 Å². The SMILES string of the molecule is C.CC1(NCC(=O)c2ccccc2)CCC1.CC1(NN)CCC1.Cl. The Morgan fingerprint density at radius 2 is 1.54 bits per heavy atom. The molecule has 24 heavy (non-hydrogen) atoms. The Hall–Kier alpha value is -0.940. The van der Waals surface area contributed by atoms with Crippen molar-refractivity contribution in [3.05, 3.63) is 35.9 Å². The number of nitrogens with two attached hydrogens (primary N) is 1. The number of benzene rings is 1. The van der Waals surface area contributed by atoms with Crippen LogP contribution in [0, 0.1) is 0 Å². The molecule has 0 amide bonds. The van der Waals surface area contributed by atoms with E-state index in [9.17, 15) is 4.79 Å². The maximum atomic E-state index is 11.8. The van der Waals surface area contributed by atoms with Crippen molar-refractivity contribution in [2.24, 2.45) is 5.84 Å². The zero-order valence-electron chi connectivity index (χ0n) is 14.2. The Labute approximate surface area is 153 Å². The van der Waals surface area contributed by atoms with E-state index >= 15 is 0 Å². The van der Waals surface area contributed by atoms with Gasteiger partial charge in [0.1, 0.15) is 0 Å². The number of ketones is 1. The van der Waals surface area contributed by atoms with Crippen LogP contribution in [0.3, 0.4) is 0 Å². The number of hydrazine groups is 1. The number of nitrogens with one attached hydrogen (secondary N) is 2. The fourth-order valence-electron chi connectivity index (χ4n) is 2.76. The smallest absolute Gasteiger partial charge is 0.176 e.